The number of halogens is 6. The van der Waals surface area contributed by atoms with Gasteiger partial charge in [0, 0.05) is 25.1 Å². The summed E-state index contributed by atoms with van der Waals surface area (Å²) >= 11 is 31.0. The second-order valence-corrected chi connectivity index (χ2v) is 21.1. The topological polar surface area (TPSA) is 230 Å². The van der Waals surface area contributed by atoms with Gasteiger partial charge in [-0.15, -0.1) is 11.6 Å². The van der Waals surface area contributed by atoms with Gasteiger partial charge in [-0.1, -0.05) is 97.0 Å². The lowest BCUT2D eigenvalue weighted by Gasteiger charge is -2.32. The summed E-state index contributed by atoms with van der Waals surface area (Å²) in [4.78, 5) is 89.0. The van der Waals surface area contributed by atoms with Gasteiger partial charge in [0.25, 0.3) is 40.3 Å². The molecule has 0 unspecified atom stereocenters. The molecule has 3 aromatic heterocycles. The van der Waals surface area contributed by atoms with Gasteiger partial charge in [-0.25, -0.2) is 15.3 Å². The lowest BCUT2D eigenvalue weighted by Crippen LogP contribution is -2.41. The SMILES string of the molecule is CC1(C)OB(c2cc(Cl)c3c(=O)[nH]nc(CN4C(=O)c5ccccc5C4=O)c3c2)OC1(C)C.O=C1c2ccccc2C(=O)N1Cc1n[nH]c(=O)c2c(Cl)cc(Br)cc12.O=c1[nH]nc(CCl)c2cc(Br)cc(Cl)c12. The average molecular weight is 1190 g/mol. The molecule has 0 saturated carbocycles. The number of imide groups is 2. The maximum Gasteiger partial charge on any atom is 0.494 e. The number of H-pyrrole nitrogens is 3. The summed E-state index contributed by atoms with van der Waals surface area (Å²) in [5.41, 5.74) is 1.00. The summed E-state index contributed by atoms with van der Waals surface area (Å²) in [5.74, 6) is -1.37. The van der Waals surface area contributed by atoms with Gasteiger partial charge in [-0.05, 0) is 87.8 Å². The normalized spacial score (nSPS) is 15.5. The molecule has 0 radical (unpaired) electrons. The minimum Gasteiger partial charge on any atom is -0.399 e. The van der Waals surface area contributed by atoms with Crippen LogP contribution in [0.3, 0.4) is 0 Å². The molecule has 3 N–H and O–H groups in total. The number of aromatic nitrogens is 6. The smallest absolute Gasteiger partial charge is 0.399 e. The zero-order valence-corrected chi connectivity index (χ0v) is 44.7. The number of hydrogen-bond donors (Lipinski definition) is 3. The maximum absolute atomic E-state index is 12.8. The highest BCUT2D eigenvalue weighted by Crippen LogP contribution is 2.38. The summed E-state index contributed by atoms with van der Waals surface area (Å²) < 4.78 is 13.7. The Labute approximate surface area is 449 Å². The Morgan fingerprint density at radius 2 is 0.849 bits per heavy atom. The Kier molecular flexibility index (Phi) is 14.2. The Bertz CT molecular complexity index is 3790. The number of carbonyl (C=O) groups excluding carboxylic acids is 4. The summed E-state index contributed by atoms with van der Waals surface area (Å²) in [6.07, 6.45) is 0. The lowest BCUT2D eigenvalue weighted by atomic mass is 9.78. The third-order valence-corrected chi connectivity index (χ3v) is 14.8. The van der Waals surface area contributed by atoms with Crippen molar-refractivity contribution in [2.24, 2.45) is 0 Å². The van der Waals surface area contributed by atoms with Gasteiger partial charge in [0.15, 0.2) is 0 Å². The van der Waals surface area contributed by atoms with Gasteiger partial charge in [-0.2, -0.15) is 15.3 Å². The van der Waals surface area contributed by atoms with Gasteiger partial charge in [-0.3, -0.25) is 43.4 Å². The standard InChI is InChI=1S/C23H21BClN3O5.C17H9BrClN3O3.C9H5BrCl2N2O/c1-22(2)23(3,4)33-24(32-22)12-9-15-17(26-27-19(29)18(15)16(25)10-12)11-28-20(30)13-7-5-6-8-14(13)21(28)31;18-8-5-11-13(20-21-15(23)14(11)12(19)6-8)7-22-16(24)9-3-1-2-4-10(9)17(22)25;10-4-1-5-7(3-11)13-14-9(15)8(5)6(12)2-4/h5-10H,11H2,1-4H3,(H,27,29);1-6H,7H2,(H,21,23);1-2H,3H2,(H,14,15). The predicted molar refractivity (Wildman–Crippen MR) is 284 cm³/mol. The number of fused-ring (bicyclic) bond motifs is 5. The molecule has 3 aliphatic heterocycles. The number of nitrogens with zero attached hydrogens (tertiary/aromatic N) is 5. The molecule has 5 aromatic carbocycles. The molecule has 24 heteroatoms. The molecule has 370 valence electrons. The van der Waals surface area contributed by atoms with E-state index in [1.165, 1.54) is 0 Å². The molecule has 1 fully saturated rings. The number of aromatic amines is 3. The number of amides is 4. The van der Waals surface area contributed by atoms with E-state index in [9.17, 15) is 33.6 Å². The van der Waals surface area contributed by atoms with Crippen molar-refractivity contribution in [2.75, 3.05) is 0 Å². The van der Waals surface area contributed by atoms with Gasteiger partial charge >= 0.3 is 7.12 Å². The first kappa shape index (κ1) is 51.8. The molecule has 0 aliphatic carbocycles. The van der Waals surface area contributed by atoms with Gasteiger partial charge in [0.05, 0.1) is 101 Å². The Balaban J connectivity index is 0.000000145. The molecule has 11 rings (SSSR count). The van der Waals surface area contributed by atoms with Crippen molar-refractivity contribution in [2.45, 2.75) is 57.9 Å². The molecular formula is C49H35BBr2Cl4N8O9. The molecule has 73 heavy (non-hydrogen) atoms. The van der Waals surface area contributed by atoms with Crippen molar-refractivity contribution >= 4 is 147 Å². The third kappa shape index (κ3) is 9.55. The Morgan fingerprint density at radius 3 is 1.22 bits per heavy atom. The first-order valence-electron chi connectivity index (χ1n) is 21.9. The zero-order valence-electron chi connectivity index (χ0n) is 38.5. The van der Waals surface area contributed by atoms with Gasteiger partial charge in [0.2, 0.25) is 0 Å². The van der Waals surface area contributed by atoms with E-state index >= 15 is 0 Å². The Morgan fingerprint density at radius 1 is 0.521 bits per heavy atom. The van der Waals surface area contributed by atoms with Crippen LogP contribution in [0.15, 0.2) is 108 Å². The monoisotopic (exact) mass is 1190 g/mol. The number of hydrogen-bond acceptors (Lipinski definition) is 12. The van der Waals surface area contributed by atoms with Crippen LogP contribution < -0.4 is 22.1 Å². The van der Waals surface area contributed by atoms with Crippen molar-refractivity contribution in [3.05, 3.63) is 179 Å². The molecule has 0 bridgehead atoms. The third-order valence-electron chi connectivity index (χ3n) is 12.7. The molecule has 6 heterocycles. The minimum absolute atomic E-state index is 0.0631. The fraction of sp³-hybridized carbons (Fsp3) is 0.184. The van der Waals surface area contributed by atoms with Crippen LogP contribution in [-0.4, -0.2) is 82.3 Å². The highest BCUT2D eigenvalue weighted by molar-refractivity contribution is 9.10. The maximum atomic E-state index is 12.8. The molecule has 4 amide bonds. The average Bonchev–Trinajstić information content (AvgIpc) is 3.83. The first-order valence-corrected chi connectivity index (χ1v) is 25.1. The second kappa shape index (κ2) is 20.0. The van der Waals surface area contributed by atoms with E-state index in [2.05, 4.69) is 62.5 Å². The van der Waals surface area contributed by atoms with Crippen LogP contribution in [0.2, 0.25) is 15.1 Å². The van der Waals surface area contributed by atoms with Crippen molar-refractivity contribution in [3.63, 3.8) is 0 Å². The molecule has 0 atom stereocenters. The number of alkyl halides is 1. The molecular weight excluding hydrogens is 1160 g/mol. The van der Waals surface area contributed by atoms with Crippen LogP contribution in [0.4, 0.5) is 0 Å². The van der Waals surface area contributed by atoms with Crippen LogP contribution >= 0.6 is 78.3 Å². The van der Waals surface area contributed by atoms with Crippen molar-refractivity contribution in [3.8, 4) is 0 Å². The van der Waals surface area contributed by atoms with Crippen molar-refractivity contribution in [1.29, 1.82) is 0 Å². The number of carbonyl (C=O) groups is 4. The van der Waals surface area contributed by atoms with Gasteiger partial charge < -0.3 is 9.31 Å². The van der Waals surface area contributed by atoms with Crippen LogP contribution in [0.5, 0.6) is 0 Å². The number of rotatable bonds is 6. The quantitative estimate of drug-likeness (QED) is 0.0805. The van der Waals surface area contributed by atoms with Crippen molar-refractivity contribution in [1.82, 2.24) is 40.4 Å². The molecule has 3 aliphatic rings. The summed E-state index contributed by atoms with van der Waals surface area (Å²) in [7, 11) is -0.705. The fourth-order valence-electron chi connectivity index (χ4n) is 8.38. The summed E-state index contributed by atoms with van der Waals surface area (Å²) in [6.45, 7) is 7.58. The van der Waals surface area contributed by atoms with Gasteiger partial charge in [0.1, 0.15) is 0 Å². The first-order chi connectivity index (χ1) is 34.6. The van der Waals surface area contributed by atoms with E-state index in [1.54, 1.807) is 84.9 Å². The Hall–Kier alpha value is -6.10. The van der Waals surface area contributed by atoms with Crippen LogP contribution in [0.1, 0.15) is 86.2 Å². The van der Waals surface area contributed by atoms with E-state index in [0.717, 1.165) is 14.3 Å². The molecule has 8 aromatic rings. The molecule has 0 spiro atoms. The number of benzene rings is 5. The van der Waals surface area contributed by atoms with E-state index in [0.29, 0.717) is 75.8 Å². The zero-order chi connectivity index (χ0) is 52.4. The highest BCUT2D eigenvalue weighted by Gasteiger charge is 2.52. The fourth-order valence-corrected chi connectivity index (χ4v) is 10.7. The second-order valence-electron chi connectivity index (χ2n) is 17.7. The van der Waals surface area contributed by atoms with Crippen LogP contribution in [0, 0.1) is 0 Å². The van der Waals surface area contributed by atoms with E-state index in [1.807, 2.05) is 27.7 Å². The predicted octanol–water partition coefficient (Wildman–Crippen LogP) is 8.88. The van der Waals surface area contributed by atoms with Crippen LogP contribution in [-0.2, 0) is 28.3 Å². The molecule has 17 nitrogen and oxygen atoms in total. The molecule has 1 saturated heterocycles. The van der Waals surface area contributed by atoms with E-state index in [4.69, 9.17) is 55.7 Å². The van der Waals surface area contributed by atoms with E-state index in [-0.39, 0.29) is 57.2 Å². The highest BCUT2D eigenvalue weighted by atomic mass is 79.9. The minimum atomic E-state index is -0.705. The van der Waals surface area contributed by atoms with E-state index < -0.39 is 41.3 Å². The summed E-state index contributed by atoms with van der Waals surface area (Å²) in [6, 6.07) is 23.4. The van der Waals surface area contributed by atoms with Crippen molar-refractivity contribution < 1.29 is 28.5 Å². The lowest BCUT2D eigenvalue weighted by molar-refractivity contribution is 0.00578. The number of nitrogens with one attached hydrogen (secondary N) is 3. The largest absolute Gasteiger partial charge is 0.494 e. The summed E-state index contributed by atoms with van der Waals surface area (Å²) in [5, 5.41) is 22.5. The van der Waals surface area contributed by atoms with Crippen LogP contribution in [0.25, 0.3) is 32.3 Å².